The number of aromatic nitrogens is 1. The first-order chi connectivity index (χ1) is 16.1. The number of methoxy groups -OCH3 is 2. The first kappa shape index (κ1) is 28.1. The number of carbonyl (C=O) groups is 1. The Balaban J connectivity index is 0.00000408. The summed E-state index contributed by atoms with van der Waals surface area (Å²) in [7, 11) is 3.42. The Morgan fingerprint density at radius 3 is 2.26 bits per heavy atom. The number of rotatable bonds is 13. The summed E-state index contributed by atoms with van der Waals surface area (Å²) in [6, 6.07) is 15.8. The van der Waals surface area contributed by atoms with Gasteiger partial charge in [-0.15, -0.1) is 12.4 Å². The Labute approximate surface area is 213 Å². The molecule has 0 unspecified atom stereocenters. The quantitative estimate of drug-likeness (QED) is 0.283. The molecule has 6 nitrogen and oxygen atoms in total. The zero-order valence-corrected chi connectivity index (χ0v) is 21.7. The minimum Gasteiger partial charge on any atom is -0.461 e. The molecule has 3 rings (SSSR count). The largest absolute Gasteiger partial charge is 0.461 e. The van der Waals surface area contributed by atoms with Crippen molar-refractivity contribution in [2.24, 2.45) is 0 Å². The molecule has 186 valence electrons. The molecule has 0 amide bonds. The van der Waals surface area contributed by atoms with Crippen LogP contribution in [0, 0.1) is 0 Å². The van der Waals surface area contributed by atoms with E-state index >= 15 is 0 Å². The van der Waals surface area contributed by atoms with Gasteiger partial charge in [-0.3, -0.25) is 4.90 Å². The minimum absolute atomic E-state index is 0. The molecule has 34 heavy (non-hydrogen) atoms. The third-order valence-corrected chi connectivity index (χ3v) is 5.86. The molecule has 2 aromatic carbocycles. The lowest BCUT2D eigenvalue weighted by molar-refractivity contribution is 0.0516. The Kier molecular flexibility index (Phi) is 11.9. The van der Waals surface area contributed by atoms with Gasteiger partial charge in [0.1, 0.15) is 5.69 Å². The van der Waals surface area contributed by atoms with Gasteiger partial charge in [0.2, 0.25) is 0 Å². The van der Waals surface area contributed by atoms with Crippen LogP contribution >= 0.6 is 24.0 Å². The smallest absolute Gasteiger partial charge is 0.355 e. The van der Waals surface area contributed by atoms with Gasteiger partial charge in [0.05, 0.1) is 25.5 Å². The number of benzene rings is 2. The molecule has 0 saturated heterocycles. The third kappa shape index (κ3) is 6.96. The molecule has 0 aliphatic heterocycles. The van der Waals surface area contributed by atoms with Crippen LogP contribution in [0.3, 0.4) is 0 Å². The molecular weight excluding hydrogens is 475 g/mol. The third-order valence-electron chi connectivity index (χ3n) is 5.63. The van der Waals surface area contributed by atoms with Crippen molar-refractivity contribution in [1.82, 2.24) is 9.47 Å². The normalized spacial score (nSPS) is 11.1. The predicted octanol–water partition coefficient (Wildman–Crippen LogP) is 5.55. The molecule has 1 aromatic heterocycles. The van der Waals surface area contributed by atoms with Crippen LogP contribution in [0.4, 0.5) is 0 Å². The van der Waals surface area contributed by atoms with E-state index in [2.05, 4.69) is 21.6 Å². The molecule has 0 N–H and O–H groups in total. The predicted molar refractivity (Wildman–Crippen MR) is 140 cm³/mol. The maximum Gasteiger partial charge on any atom is 0.355 e. The molecule has 0 aliphatic carbocycles. The Hall–Kier alpha value is -2.09. The fourth-order valence-electron chi connectivity index (χ4n) is 4.10. The van der Waals surface area contributed by atoms with Crippen LogP contribution in [0.25, 0.3) is 22.0 Å². The van der Waals surface area contributed by atoms with Crippen LogP contribution in [0.15, 0.2) is 48.5 Å². The second-order valence-corrected chi connectivity index (χ2v) is 8.24. The van der Waals surface area contributed by atoms with E-state index in [4.69, 9.17) is 25.8 Å². The molecule has 8 heteroatoms. The van der Waals surface area contributed by atoms with Gasteiger partial charge in [0.15, 0.2) is 0 Å². The molecular formula is C26H34Cl2N2O4. The van der Waals surface area contributed by atoms with E-state index in [9.17, 15) is 4.79 Å². The molecule has 1 heterocycles. The Morgan fingerprint density at radius 1 is 0.971 bits per heavy atom. The van der Waals surface area contributed by atoms with Crippen molar-refractivity contribution in [3.63, 3.8) is 0 Å². The lowest BCUT2D eigenvalue weighted by Crippen LogP contribution is -2.32. The number of hydrogen-bond donors (Lipinski definition) is 0. The fourth-order valence-corrected chi connectivity index (χ4v) is 4.27. The summed E-state index contributed by atoms with van der Waals surface area (Å²) in [6.45, 7) is 6.67. The lowest BCUT2D eigenvalue weighted by atomic mass is 10.1. The summed E-state index contributed by atoms with van der Waals surface area (Å²) < 4.78 is 18.1. The molecule has 0 spiro atoms. The Morgan fingerprint density at radius 2 is 1.65 bits per heavy atom. The number of carbonyl (C=O) groups excluding carboxylic acids is 1. The average Bonchev–Trinajstić information content (AvgIpc) is 3.14. The zero-order valence-electron chi connectivity index (χ0n) is 20.1. The lowest BCUT2D eigenvalue weighted by Gasteiger charge is -2.22. The number of nitrogens with zero attached hydrogens (tertiary/aromatic N) is 2. The summed E-state index contributed by atoms with van der Waals surface area (Å²) in [4.78, 5) is 15.4. The second-order valence-electron chi connectivity index (χ2n) is 7.81. The molecule has 0 fully saturated rings. The maximum atomic E-state index is 13.1. The number of halogens is 2. The van der Waals surface area contributed by atoms with Crippen molar-refractivity contribution in [1.29, 1.82) is 0 Å². The van der Waals surface area contributed by atoms with Gasteiger partial charge < -0.3 is 18.8 Å². The van der Waals surface area contributed by atoms with Crippen LogP contribution in [0.1, 0.15) is 23.8 Å². The Bertz CT molecular complexity index is 1030. The van der Waals surface area contributed by atoms with Crippen LogP contribution < -0.4 is 0 Å². The minimum atomic E-state index is -0.317. The van der Waals surface area contributed by atoms with E-state index in [1.54, 1.807) is 14.2 Å². The molecule has 0 radical (unpaired) electrons. The summed E-state index contributed by atoms with van der Waals surface area (Å²) >= 11 is 6.37. The highest BCUT2D eigenvalue weighted by Crippen LogP contribution is 2.36. The summed E-state index contributed by atoms with van der Waals surface area (Å²) in [5, 5.41) is 2.44. The van der Waals surface area contributed by atoms with Gasteiger partial charge >= 0.3 is 5.97 Å². The topological polar surface area (TPSA) is 52.9 Å². The van der Waals surface area contributed by atoms with Crippen molar-refractivity contribution in [3.8, 4) is 11.3 Å². The standard InChI is InChI=1S/C26H33ClN2O4.ClH/c1-4-33-26(30)25-22-12-11-21(27)19-23(22)24(20-9-6-5-7-10-20)29(25)14-8-13-28(15-17-31-2)16-18-32-3;/h5-7,9-12,19H,4,8,13-18H2,1-3H3;1H. The van der Waals surface area contributed by atoms with E-state index in [1.807, 2.05) is 43.3 Å². The maximum absolute atomic E-state index is 13.1. The van der Waals surface area contributed by atoms with Crippen molar-refractivity contribution < 1.29 is 19.0 Å². The van der Waals surface area contributed by atoms with Gasteiger partial charge in [-0.1, -0.05) is 48.0 Å². The molecule has 0 saturated carbocycles. The summed E-state index contributed by atoms with van der Waals surface area (Å²) in [5.74, 6) is -0.317. The molecule has 0 aliphatic rings. The van der Waals surface area contributed by atoms with Gasteiger partial charge in [-0.05, 0) is 31.0 Å². The van der Waals surface area contributed by atoms with Crippen molar-refractivity contribution >= 4 is 40.7 Å². The number of fused-ring (bicyclic) bond motifs is 1. The van der Waals surface area contributed by atoms with E-state index in [-0.39, 0.29) is 18.4 Å². The highest BCUT2D eigenvalue weighted by atomic mass is 35.5. The highest BCUT2D eigenvalue weighted by Gasteiger charge is 2.24. The SMILES string of the molecule is CCOC(=O)c1c2ccc(Cl)cc2c(-c2ccccc2)n1CCCN(CCOC)CCOC.Cl. The summed E-state index contributed by atoms with van der Waals surface area (Å²) in [5.41, 5.74) is 2.59. The van der Waals surface area contributed by atoms with Crippen LogP contribution in [-0.4, -0.2) is 69.1 Å². The van der Waals surface area contributed by atoms with Gasteiger partial charge in [-0.25, -0.2) is 4.79 Å². The fraction of sp³-hybridized carbons (Fsp3) is 0.423. The zero-order chi connectivity index (χ0) is 23.6. The van der Waals surface area contributed by atoms with Gasteiger partial charge in [-0.2, -0.15) is 0 Å². The van der Waals surface area contributed by atoms with E-state index in [1.165, 1.54) is 0 Å². The van der Waals surface area contributed by atoms with E-state index in [0.717, 1.165) is 48.1 Å². The second kappa shape index (κ2) is 14.3. The van der Waals surface area contributed by atoms with E-state index in [0.29, 0.717) is 37.1 Å². The van der Waals surface area contributed by atoms with Gasteiger partial charge in [0, 0.05) is 56.2 Å². The number of esters is 1. The van der Waals surface area contributed by atoms with E-state index < -0.39 is 0 Å². The van der Waals surface area contributed by atoms with Gasteiger partial charge in [0.25, 0.3) is 0 Å². The average molecular weight is 509 g/mol. The van der Waals surface area contributed by atoms with Crippen LogP contribution in [-0.2, 0) is 20.8 Å². The first-order valence-electron chi connectivity index (χ1n) is 11.3. The monoisotopic (exact) mass is 508 g/mol. The van der Waals surface area contributed by atoms with Crippen molar-refractivity contribution in [2.45, 2.75) is 19.9 Å². The molecule has 0 bridgehead atoms. The van der Waals surface area contributed by atoms with Crippen molar-refractivity contribution in [3.05, 3.63) is 59.2 Å². The number of ether oxygens (including phenoxy) is 3. The van der Waals surface area contributed by atoms with Crippen LogP contribution in [0.2, 0.25) is 5.02 Å². The van der Waals surface area contributed by atoms with Crippen molar-refractivity contribution in [2.75, 3.05) is 53.7 Å². The van der Waals surface area contributed by atoms with Crippen LogP contribution in [0.5, 0.6) is 0 Å². The first-order valence-corrected chi connectivity index (χ1v) is 11.7. The molecule has 3 aromatic rings. The number of hydrogen-bond acceptors (Lipinski definition) is 5. The highest BCUT2D eigenvalue weighted by molar-refractivity contribution is 6.31. The summed E-state index contributed by atoms with van der Waals surface area (Å²) in [6.07, 6.45) is 0.856. The molecule has 0 atom stereocenters.